The van der Waals surface area contributed by atoms with E-state index in [1.807, 2.05) is 0 Å². The lowest BCUT2D eigenvalue weighted by molar-refractivity contribution is -0.383. The highest BCUT2D eigenvalue weighted by Gasteiger charge is 2.23. The van der Waals surface area contributed by atoms with Crippen LogP contribution in [0.2, 0.25) is 0 Å². The van der Waals surface area contributed by atoms with Gasteiger partial charge in [0.1, 0.15) is 0 Å². The Morgan fingerprint density at radius 3 is 2.75 bits per heavy atom. The number of nitro groups is 1. The Bertz CT molecular complexity index is 378. The summed E-state index contributed by atoms with van der Waals surface area (Å²) in [6.45, 7) is 1.81. The first kappa shape index (κ1) is 12.9. The fourth-order valence-corrected chi connectivity index (χ4v) is 2.30. The lowest BCUT2D eigenvalue weighted by atomic mass is 10.3. The first-order valence-electron chi connectivity index (χ1n) is 4.75. The van der Waals surface area contributed by atoms with Crippen molar-refractivity contribution in [2.75, 3.05) is 25.1 Å². The van der Waals surface area contributed by atoms with Crippen molar-refractivity contribution in [2.45, 2.75) is 13.0 Å². The van der Waals surface area contributed by atoms with E-state index in [9.17, 15) is 15.2 Å². The van der Waals surface area contributed by atoms with Gasteiger partial charge in [0.2, 0.25) is 0 Å². The second-order valence-electron chi connectivity index (χ2n) is 3.42. The van der Waals surface area contributed by atoms with Crippen LogP contribution in [-0.2, 0) is 0 Å². The Balaban J connectivity index is 3.09. The van der Waals surface area contributed by atoms with E-state index in [1.165, 1.54) is 17.4 Å². The van der Waals surface area contributed by atoms with Gasteiger partial charge in [-0.2, -0.15) is 0 Å². The van der Waals surface area contributed by atoms with Gasteiger partial charge < -0.3 is 15.1 Å². The smallest absolute Gasteiger partial charge is 0.304 e. The van der Waals surface area contributed by atoms with Gasteiger partial charge in [-0.25, -0.2) is 0 Å². The van der Waals surface area contributed by atoms with E-state index in [0.29, 0.717) is 16.4 Å². The largest absolute Gasteiger partial charge is 0.395 e. The summed E-state index contributed by atoms with van der Waals surface area (Å²) in [5.41, 5.74) is -0.0307. The summed E-state index contributed by atoms with van der Waals surface area (Å²) >= 11 is 1.17. The number of thiophene rings is 1. The maximum Gasteiger partial charge on any atom is 0.304 e. The molecule has 1 heterocycles. The summed E-state index contributed by atoms with van der Waals surface area (Å²) in [5, 5.41) is 29.4. The summed E-state index contributed by atoms with van der Waals surface area (Å²) in [6.07, 6.45) is -0.722. The summed E-state index contributed by atoms with van der Waals surface area (Å²) in [4.78, 5) is 12.5. The van der Waals surface area contributed by atoms with E-state index in [2.05, 4.69) is 0 Å². The zero-order valence-electron chi connectivity index (χ0n) is 9.08. The van der Waals surface area contributed by atoms with Crippen molar-refractivity contribution in [1.82, 2.24) is 0 Å². The molecule has 0 fully saturated rings. The number of hydrogen-bond acceptors (Lipinski definition) is 6. The molecule has 1 aromatic rings. The summed E-state index contributed by atoms with van der Waals surface area (Å²) in [5.74, 6) is 0. The molecule has 0 aromatic carbocycles. The molecule has 0 aliphatic rings. The standard InChI is InChI=1S/C9H14N2O4S/c1-6(13)8-5-7(11(14)15)9(16-8)10(2)3-4-12/h5-6,12-13H,3-4H2,1-2H3/t6-/m1/s1. The molecule has 1 atom stereocenters. The van der Waals surface area contributed by atoms with Gasteiger partial charge in [0.25, 0.3) is 0 Å². The average Bonchev–Trinajstić information content (AvgIpc) is 2.62. The summed E-state index contributed by atoms with van der Waals surface area (Å²) < 4.78 is 0. The number of likely N-dealkylation sites (N-methyl/N-ethyl adjacent to an activating group) is 1. The van der Waals surface area contributed by atoms with Crippen LogP contribution in [0.25, 0.3) is 0 Å². The van der Waals surface area contributed by atoms with Gasteiger partial charge in [0.15, 0.2) is 5.00 Å². The van der Waals surface area contributed by atoms with Crippen molar-refractivity contribution in [3.8, 4) is 0 Å². The van der Waals surface area contributed by atoms with Gasteiger partial charge in [-0.1, -0.05) is 0 Å². The monoisotopic (exact) mass is 246 g/mol. The number of anilines is 1. The minimum Gasteiger partial charge on any atom is -0.395 e. The normalized spacial score (nSPS) is 12.5. The molecular formula is C9H14N2O4S. The topological polar surface area (TPSA) is 86.8 Å². The van der Waals surface area contributed by atoms with Crippen LogP contribution >= 0.6 is 11.3 Å². The molecule has 7 heteroatoms. The molecule has 0 saturated carbocycles. The molecule has 0 bridgehead atoms. The van der Waals surface area contributed by atoms with Crippen molar-refractivity contribution >= 4 is 22.0 Å². The molecule has 90 valence electrons. The first-order chi connectivity index (χ1) is 7.47. The Morgan fingerprint density at radius 2 is 2.31 bits per heavy atom. The molecule has 0 aliphatic carbocycles. The van der Waals surface area contributed by atoms with Crippen molar-refractivity contribution in [1.29, 1.82) is 0 Å². The van der Waals surface area contributed by atoms with Gasteiger partial charge in [-0.15, -0.1) is 11.3 Å². The van der Waals surface area contributed by atoms with E-state index < -0.39 is 11.0 Å². The van der Waals surface area contributed by atoms with E-state index in [-0.39, 0.29) is 12.3 Å². The van der Waals surface area contributed by atoms with Crippen LogP contribution in [0.4, 0.5) is 10.7 Å². The van der Waals surface area contributed by atoms with Crippen LogP contribution < -0.4 is 4.90 Å². The molecule has 1 rings (SSSR count). The maximum atomic E-state index is 10.8. The Labute approximate surface area is 96.9 Å². The highest BCUT2D eigenvalue weighted by atomic mass is 32.1. The average molecular weight is 246 g/mol. The van der Waals surface area contributed by atoms with E-state index >= 15 is 0 Å². The number of hydrogen-bond donors (Lipinski definition) is 2. The van der Waals surface area contributed by atoms with Crippen molar-refractivity contribution in [3.63, 3.8) is 0 Å². The molecule has 0 aliphatic heterocycles. The number of aliphatic hydroxyl groups excluding tert-OH is 2. The number of rotatable bonds is 5. The van der Waals surface area contributed by atoms with Crippen LogP contribution in [0.3, 0.4) is 0 Å². The van der Waals surface area contributed by atoms with E-state index in [1.54, 1.807) is 18.9 Å². The zero-order chi connectivity index (χ0) is 12.3. The first-order valence-corrected chi connectivity index (χ1v) is 5.57. The Hall–Kier alpha value is -1.18. The van der Waals surface area contributed by atoms with Crippen LogP contribution in [0.1, 0.15) is 17.9 Å². The third-order valence-electron chi connectivity index (χ3n) is 2.10. The van der Waals surface area contributed by atoms with Gasteiger partial charge in [-0.05, 0) is 6.92 Å². The lowest BCUT2D eigenvalue weighted by Gasteiger charge is -2.14. The molecule has 16 heavy (non-hydrogen) atoms. The van der Waals surface area contributed by atoms with Crippen LogP contribution in [0, 0.1) is 10.1 Å². The van der Waals surface area contributed by atoms with Crippen LogP contribution in [0.15, 0.2) is 6.07 Å². The second kappa shape index (κ2) is 5.24. The fourth-order valence-electron chi connectivity index (χ4n) is 1.25. The number of nitrogens with zero attached hydrogens (tertiary/aromatic N) is 2. The molecular weight excluding hydrogens is 232 g/mol. The molecule has 0 saturated heterocycles. The molecule has 1 aromatic heterocycles. The molecule has 2 N–H and O–H groups in total. The number of aliphatic hydroxyl groups is 2. The molecule has 0 spiro atoms. The molecule has 6 nitrogen and oxygen atoms in total. The van der Waals surface area contributed by atoms with Crippen LogP contribution in [-0.4, -0.2) is 35.3 Å². The van der Waals surface area contributed by atoms with Gasteiger partial charge in [0, 0.05) is 24.5 Å². The van der Waals surface area contributed by atoms with Crippen molar-refractivity contribution < 1.29 is 15.1 Å². The minimum atomic E-state index is -0.722. The Morgan fingerprint density at radius 1 is 1.69 bits per heavy atom. The highest BCUT2D eigenvalue weighted by Crippen LogP contribution is 2.39. The summed E-state index contributed by atoms with van der Waals surface area (Å²) in [7, 11) is 1.67. The highest BCUT2D eigenvalue weighted by molar-refractivity contribution is 7.16. The van der Waals surface area contributed by atoms with E-state index in [0.717, 1.165) is 0 Å². The van der Waals surface area contributed by atoms with Gasteiger partial charge in [0.05, 0.1) is 17.6 Å². The minimum absolute atomic E-state index is 0.0307. The quantitative estimate of drug-likeness (QED) is 0.601. The van der Waals surface area contributed by atoms with Crippen molar-refractivity contribution in [2.24, 2.45) is 0 Å². The third-order valence-corrected chi connectivity index (χ3v) is 3.51. The molecule has 0 radical (unpaired) electrons. The molecule has 0 unspecified atom stereocenters. The lowest BCUT2D eigenvalue weighted by Crippen LogP contribution is -2.20. The second-order valence-corrected chi connectivity index (χ2v) is 4.48. The molecule has 0 amide bonds. The third kappa shape index (κ3) is 2.69. The fraction of sp³-hybridized carbons (Fsp3) is 0.556. The van der Waals surface area contributed by atoms with Gasteiger partial charge >= 0.3 is 5.69 Å². The van der Waals surface area contributed by atoms with Gasteiger partial charge in [-0.3, -0.25) is 10.1 Å². The predicted molar refractivity (Wildman–Crippen MR) is 62.0 cm³/mol. The zero-order valence-corrected chi connectivity index (χ0v) is 9.90. The SMILES string of the molecule is C[C@@H](O)c1cc([N+](=O)[O-])c(N(C)CCO)s1. The van der Waals surface area contributed by atoms with Crippen LogP contribution in [0.5, 0.6) is 0 Å². The van der Waals surface area contributed by atoms with Crippen molar-refractivity contribution in [3.05, 3.63) is 21.1 Å². The maximum absolute atomic E-state index is 10.8. The predicted octanol–water partition coefficient (Wildman–Crippen LogP) is 1.14. The van der Waals surface area contributed by atoms with E-state index in [4.69, 9.17) is 5.11 Å². The Kier molecular flexibility index (Phi) is 4.22. The summed E-state index contributed by atoms with van der Waals surface area (Å²) in [6, 6.07) is 1.37.